The normalized spacial score (nSPS) is 13.3. The Morgan fingerprint density at radius 3 is 2.95 bits per heavy atom. The lowest BCUT2D eigenvalue weighted by molar-refractivity contribution is 0.179. The average Bonchev–Trinajstić information content (AvgIpc) is 2.93. The van der Waals surface area contributed by atoms with Crippen molar-refractivity contribution < 1.29 is 4.74 Å². The predicted octanol–water partition coefficient (Wildman–Crippen LogP) is 1.70. The number of aromatic nitrogens is 2. The number of guanidine groups is 1. The monoisotopic (exact) mass is 303 g/mol. The average molecular weight is 303 g/mol. The number of methoxy groups -OCH3 is 1. The number of aromatic amines is 1. The summed E-state index contributed by atoms with van der Waals surface area (Å²) in [6, 6.07) is 8.32. The van der Waals surface area contributed by atoms with Gasteiger partial charge in [-0.05, 0) is 25.5 Å². The van der Waals surface area contributed by atoms with Crippen LogP contribution in [0.5, 0.6) is 0 Å². The number of nitrogens with zero attached hydrogens (tertiary/aromatic N) is 2. The Labute approximate surface area is 131 Å². The minimum atomic E-state index is 0.228. The van der Waals surface area contributed by atoms with Crippen LogP contribution < -0.4 is 10.6 Å². The SMILES string of the molecule is CN=C(NCCCc1nc2ccccc2[nH]1)NC(C)COC. The molecular formula is C16H25N5O. The molecule has 0 fully saturated rings. The Morgan fingerprint density at radius 2 is 2.23 bits per heavy atom. The van der Waals surface area contributed by atoms with E-state index in [1.54, 1.807) is 14.2 Å². The molecule has 3 N–H and O–H groups in total. The molecule has 6 heteroatoms. The summed E-state index contributed by atoms with van der Waals surface area (Å²) in [6.45, 7) is 3.56. The Balaban J connectivity index is 1.73. The molecule has 0 spiro atoms. The molecule has 0 saturated carbocycles. The lowest BCUT2D eigenvalue weighted by Gasteiger charge is -2.16. The van der Waals surface area contributed by atoms with E-state index in [0.717, 1.165) is 42.2 Å². The number of aryl methyl sites for hydroxylation is 1. The van der Waals surface area contributed by atoms with Gasteiger partial charge in [-0.15, -0.1) is 0 Å². The number of ether oxygens (including phenoxy) is 1. The molecule has 2 rings (SSSR count). The number of imidazole rings is 1. The van der Waals surface area contributed by atoms with Crippen LogP contribution >= 0.6 is 0 Å². The number of nitrogens with one attached hydrogen (secondary N) is 3. The van der Waals surface area contributed by atoms with E-state index >= 15 is 0 Å². The standard InChI is InChI=1S/C16H25N5O/c1-12(11-22-3)19-16(17-2)18-10-6-9-15-20-13-7-4-5-8-14(13)21-15/h4-5,7-8,12H,6,9-11H2,1-3H3,(H,20,21)(H2,17,18,19). The highest BCUT2D eigenvalue weighted by atomic mass is 16.5. The fraction of sp³-hybridized carbons (Fsp3) is 0.500. The highest BCUT2D eigenvalue weighted by Crippen LogP contribution is 2.10. The quantitative estimate of drug-likeness (QED) is 0.413. The summed E-state index contributed by atoms with van der Waals surface area (Å²) in [5.74, 6) is 1.83. The smallest absolute Gasteiger partial charge is 0.191 e. The second-order valence-corrected chi connectivity index (χ2v) is 5.30. The van der Waals surface area contributed by atoms with Crippen LogP contribution in [0.15, 0.2) is 29.3 Å². The van der Waals surface area contributed by atoms with E-state index in [9.17, 15) is 0 Å². The van der Waals surface area contributed by atoms with Gasteiger partial charge in [0.05, 0.1) is 17.6 Å². The minimum Gasteiger partial charge on any atom is -0.383 e. The first kappa shape index (κ1) is 16.3. The van der Waals surface area contributed by atoms with Crippen molar-refractivity contribution in [2.45, 2.75) is 25.8 Å². The molecule has 0 radical (unpaired) electrons. The maximum Gasteiger partial charge on any atom is 0.191 e. The van der Waals surface area contributed by atoms with Crippen LogP contribution in [0.4, 0.5) is 0 Å². The second-order valence-electron chi connectivity index (χ2n) is 5.30. The molecule has 0 aliphatic carbocycles. The Hall–Kier alpha value is -2.08. The fourth-order valence-corrected chi connectivity index (χ4v) is 2.31. The summed E-state index contributed by atoms with van der Waals surface area (Å²) in [5.41, 5.74) is 2.12. The molecular weight excluding hydrogens is 278 g/mol. The van der Waals surface area contributed by atoms with Crippen LogP contribution in [-0.2, 0) is 11.2 Å². The molecule has 6 nitrogen and oxygen atoms in total. The first-order valence-corrected chi connectivity index (χ1v) is 7.62. The number of hydrogen-bond donors (Lipinski definition) is 3. The van der Waals surface area contributed by atoms with E-state index in [-0.39, 0.29) is 6.04 Å². The van der Waals surface area contributed by atoms with E-state index in [4.69, 9.17) is 4.74 Å². The van der Waals surface area contributed by atoms with Gasteiger partial charge in [-0.2, -0.15) is 0 Å². The fourth-order valence-electron chi connectivity index (χ4n) is 2.31. The van der Waals surface area contributed by atoms with Crippen LogP contribution in [0, 0.1) is 0 Å². The molecule has 0 bridgehead atoms. The van der Waals surface area contributed by atoms with Crippen LogP contribution in [-0.4, -0.2) is 49.3 Å². The maximum absolute atomic E-state index is 5.10. The van der Waals surface area contributed by atoms with E-state index < -0.39 is 0 Å². The number of H-pyrrole nitrogens is 1. The molecule has 1 aromatic carbocycles. The highest BCUT2D eigenvalue weighted by Gasteiger charge is 2.05. The summed E-state index contributed by atoms with van der Waals surface area (Å²) in [5, 5.41) is 6.58. The Morgan fingerprint density at radius 1 is 1.41 bits per heavy atom. The van der Waals surface area contributed by atoms with Gasteiger partial charge in [-0.3, -0.25) is 4.99 Å². The Bertz CT molecular complexity index is 574. The molecule has 1 heterocycles. The number of rotatable bonds is 7. The highest BCUT2D eigenvalue weighted by molar-refractivity contribution is 5.79. The van der Waals surface area contributed by atoms with Crippen molar-refractivity contribution in [1.29, 1.82) is 0 Å². The third-order valence-corrected chi connectivity index (χ3v) is 3.34. The number of fused-ring (bicyclic) bond motifs is 1. The van der Waals surface area contributed by atoms with Gasteiger partial charge in [-0.1, -0.05) is 12.1 Å². The van der Waals surface area contributed by atoms with Gasteiger partial charge in [-0.25, -0.2) is 4.98 Å². The molecule has 0 aliphatic rings. The van der Waals surface area contributed by atoms with Gasteiger partial charge in [0.25, 0.3) is 0 Å². The lowest BCUT2D eigenvalue weighted by atomic mass is 10.3. The van der Waals surface area contributed by atoms with Crippen molar-refractivity contribution in [3.63, 3.8) is 0 Å². The van der Waals surface area contributed by atoms with Gasteiger partial charge in [0.2, 0.25) is 0 Å². The summed E-state index contributed by atoms with van der Waals surface area (Å²) < 4.78 is 5.10. The van der Waals surface area contributed by atoms with Crippen LogP contribution in [0.2, 0.25) is 0 Å². The van der Waals surface area contributed by atoms with Crippen LogP contribution in [0.1, 0.15) is 19.2 Å². The van der Waals surface area contributed by atoms with Gasteiger partial charge >= 0.3 is 0 Å². The molecule has 0 aliphatic heterocycles. The summed E-state index contributed by atoms with van der Waals surface area (Å²) >= 11 is 0. The minimum absolute atomic E-state index is 0.228. The number of hydrogen-bond acceptors (Lipinski definition) is 3. The summed E-state index contributed by atoms with van der Waals surface area (Å²) in [4.78, 5) is 12.1. The zero-order valence-corrected chi connectivity index (χ0v) is 13.5. The largest absolute Gasteiger partial charge is 0.383 e. The molecule has 0 saturated heterocycles. The van der Waals surface area contributed by atoms with Crippen molar-refractivity contribution in [1.82, 2.24) is 20.6 Å². The molecule has 2 aromatic rings. The van der Waals surface area contributed by atoms with Crippen LogP contribution in [0.25, 0.3) is 11.0 Å². The molecule has 120 valence electrons. The number of benzene rings is 1. The van der Waals surface area contributed by atoms with Crippen molar-refractivity contribution in [3.05, 3.63) is 30.1 Å². The van der Waals surface area contributed by atoms with Crippen molar-refractivity contribution in [3.8, 4) is 0 Å². The molecule has 0 amide bonds. The molecule has 1 atom stereocenters. The third-order valence-electron chi connectivity index (χ3n) is 3.34. The number of aliphatic imine (C=N–C) groups is 1. The van der Waals surface area contributed by atoms with Gasteiger partial charge in [0.1, 0.15) is 5.82 Å². The summed E-state index contributed by atoms with van der Waals surface area (Å²) in [6.07, 6.45) is 1.89. The molecule has 22 heavy (non-hydrogen) atoms. The molecule has 1 unspecified atom stereocenters. The van der Waals surface area contributed by atoms with Crippen molar-refractivity contribution in [2.75, 3.05) is 27.3 Å². The van der Waals surface area contributed by atoms with Crippen molar-refractivity contribution in [2.24, 2.45) is 4.99 Å². The zero-order valence-electron chi connectivity index (χ0n) is 13.5. The first-order valence-electron chi connectivity index (χ1n) is 7.62. The zero-order chi connectivity index (χ0) is 15.8. The van der Waals surface area contributed by atoms with Gasteiger partial charge < -0.3 is 20.4 Å². The first-order chi connectivity index (χ1) is 10.7. The van der Waals surface area contributed by atoms with E-state index in [0.29, 0.717) is 6.61 Å². The predicted molar refractivity (Wildman–Crippen MR) is 90.3 cm³/mol. The molecule has 1 aromatic heterocycles. The van der Waals surface area contributed by atoms with E-state index in [2.05, 4.69) is 32.5 Å². The van der Waals surface area contributed by atoms with E-state index in [1.165, 1.54) is 0 Å². The lowest BCUT2D eigenvalue weighted by Crippen LogP contribution is -2.44. The third kappa shape index (κ3) is 4.73. The van der Waals surface area contributed by atoms with Crippen molar-refractivity contribution >= 4 is 17.0 Å². The number of para-hydroxylation sites is 2. The Kier molecular flexibility index (Phi) is 6.21. The van der Waals surface area contributed by atoms with Gasteiger partial charge in [0, 0.05) is 33.2 Å². The van der Waals surface area contributed by atoms with Crippen LogP contribution in [0.3, 0.4) is 0 Å². The topological polar surface area (TPSA) is 74.3 Å². The second kappa shape index (κ2) is 8.38. The maximum atomic E-state index is 5.10. The van der Waals surface area contributed by atoms with Gasteiger partial charge in [0.15, 0.2) is 5.96 Å². The van der Waals surface area contributed by atoms with E-state index in [1.807, 2.05) is 24.3 Å². The summed E-state index contributed by atoms with van der Waals surface area (Å²) in [7, 11) is 3.47.